The quantitative estimate of drug-likeness (QED) is 0.475. The maximum absolute atomic E-state index is 11.2. The lowest BCUT2D eigenvalue weighted by Crippen LogP contribution is -2.13. The molecule has 1 heterocycles. The Hall–Kier alpha value is -2.33. The Labute approximate surface area is 120 Å². The number of methoxy groups -OCH3 is 1. The van der Waals surface area contributed by atoms with Crippen molar-refractivity contribution in [1.29, 1.82) is 0 Å². The van der Waals surface area contributed by atoms with Crippen LogP contribution in [-0.2, 0) is 16.1 Å². The molecule has 0 radical (unpaired) electrons. The summed E-state index contributed by atoms with van der Waals surface area (Å²) in [5.74, 6) is 6.20. The molecule has 0 amide bonds. The standard InChI is InChI=1S/C13H12N4O2S/c1-19-12(18)10-17-13(14-15-16-17)20-9-5-8-11-6-3-2-4-7-11/h2-4,6-7H,9-10H2,1H3. The third-order valence-electron chi connectivity index (χ3n) is 2.29. The summed E-state index contributed by atoms with van der Waals surface area (Å²) in [5.41, 5.74) is 0.960. The second-order valence-electron chi connectivity index (χ2n) is 3.65. The Balaban J connectivity index is 1.90. The maximum atomic E-state index is 11.2. The fraction of sp³-hybridized carbons (Fsp3) is 0.231. The van der Waals surface area contributed by atoms with Crippen LogP contribution >= 0.6 is 11.8 Å². The third kappa shape index (κ3) is 4.10. The summed E-state index contributed by atoms with van der Waals surface area (Å²) in [4.78, 5) is 11.2. The summed E-state index contributed by atoms with van der Waals surface area (Å²) >= 11 is 1.37. The van der Waals surface area contributed by atoms with Gasteiger partial charge in [0.2, 0.25) is 5.16 Å². The van der Waals surface area contributed by atoms with Gasteiger partial charge in [-0.2, -0.15) is 0 Å². The molecule has 0 unspecified atom stereocenters. The van der Waals surface area contributed by atoms with Crippen LogP contribution in [0, 0.1) is 11.8 Å². The number of aromatic nitrogens is 4. The predicted octanol–water partition coefficient (Wildman–Crippen LogP) is 0.990. The van der Waals surface area contributed by atoms with Gasteiger partial charge in [-0.3, -0.25) is 4.79 Å². The average molecular weight is 288 g/mol. The minimum Gasteiger partial charge on any atom is -0.468 e. The number of nitrogens with zero attached hydrogens (tertiary/aromatic N) is 4. The molecule has 0 fully saturated rings. The van der Waals surface area contributed by atoms with Crippen molar-refractivity contribution in [3.63, 3.8) is 0 Å². The summed E-state index contributed by atoms with van der Waals surface area (Å²) in [5, 5.41) is 11.6. The number of ether oxygens (including phenoxy) is 1. The molecule has 0 bridgehead atoms. The lowest BCUT2D eigenvalue weighted by molar-refractivity contribution is -0.141. The van der Waals surface area contributed by atoms with Crippen molar-refractivity contribution in [1.82, 2.24) is 20.2 Å². The highest BCUT2D eigenvalue weighted by atomic mass is 32.2. The molecular weight excluding hydrogens is 276 g/mol. The highest BCUT2D eigenvalue weighted by Crippen LogP contribution is 2.12. The normalized spacial score (nSPS) is 9.65. The topological polar surface area (TPSA) is 69.9 Å². The van der Waals surface area contributed by atoms with E-state index in [1.807, 2.05) is 30.3 Å². The Morgan fingerprint density at radius 3 is 2.95 bits per heavy atom. The number of benzene rings is 1. The smallest absolute Gasteiger partial charge is 0.327 e. The summed E-state index contributed by atoms with van der Waals surface area (Å²) in [7, 11) is 1.32. The SMILES string of the molecule is COC(=O)Cn1nnnc1SCC#Cc1ccccc1. The molecule has 2 rings (SSSR count). The molecule has 6 nitrogen and oxygen atoms in total. The first-order valence-electron chi connectivity index (χ1n) is 5.79. The number of tetrazole rings is 1. The fourth-order valence-electron chi connectivity index (χ4n) is 1.35. The van der Waals surface area contributed by atoms with Gasteiger partial charge in [-0.15, -0.1) is 5.10 Å². The molecule has 0 saturated carbocycles. The molecule has 0 aliphatic heterocycles. The van der Waals surface area contributed by atoms with E-state index in [-0.39, 0.29) is 6.54 Å². The summed E-state index contributed by atoms with van der Waals surface area (Å²) < 4.78 is 5.96. The van der Waals surface area contributed by atoms with E-state index in [0.717, 1.165) is 5.56 Å². The number of thioether (sulfide) groups is 1. The molecule has 0 aliphatic carbocycles. The van der Waals surface area contributed by atoms with Crippen LogP contribution < -0.4 is 0 Å². The largest absolute Gasteiger partial charge is 0.468 e. The van der Waals surface area contributed by atoms with Gasteiger partial charge >= 0.3 is 5.97 Å². The first-order valence-corrected chi connectivity index (χ1v) is 6.78. The first kappa shape index (κ1) is 14.1. The number of esters is 1. The molecule has 1 aromatic heterocycles. The van der Waals surface area contributed by atoms with Crippen LogP contribution in [-0.4, -0.2) is 39.0 Å². The van der Waals surface area contributed by atoms with Crippen LogP contribution in [0.1, 0.15) is 5.56 Å². The highest BCUT2D eigenvalue weighted by Gasteiger charge is 2.10. The second kappa shape index (κ2) is 7.31. The Morgan fingerprint density at radius 2 is 2.20 bits per heavy atom. The number of hydrogen-bond donors (Lipinski definition) is 0. The molecule has 2 aromatic rings. The Kier molecular flexibility index (Phi) is 5.15. The summed E-state index contributed by atoms with van der Waals surface area (Å²) in [6.07, 6.45) is 0. The Bertz CT molecular complexity index is 631. The van der Waals surface area contributed by atoms with Gasteiger partial charge in [0.05, 0.1) is 12.9 Å². The van der Waals surface area contributed by atoms with Crippen LogP contribution in [0.15, 0.2) is 35.5 Å². The number of hydrogen-bond acceptors (Lipinski definition) is 6. The van der Waals surface area contributed by atoms with Crippen molar-refractivity contribution < 1.29 is 9.53 Å². The zero-order chi connectivity index (χ0) is 14.2. The fourth-order valence-corrected chi connectivity index (χ4v) is 1.96. The average Bonchev–Trinajstić information content (AvgIpc) is 2.92. The third-order valence-corrected chi connectivity index (χ3v) is 3.12. The van der Waals surface area contributed by atoms with Gasteiger partial charge in [-0.05, 0) is 22.6 Å². The molecule has 102 valence electrons. The van der Waals surface area contributed by atoms with E-state index in [2.05, 4.69) is 32.1 Å². The number of carbonyl (C=O) groups excluding carboxylic acids is 1. The van der Waals surface area contributed by atoms with Gasteiger partial charge in [0.1, 0.15) is 6.54 Å². The molecule has 0 aliphatic rings. The van der Waals surface area contributed by atoms with Crippen molar-refractivity contribution in [2.45, 2.75) is 11.7 Å². The van der Waals surface area contributed by atoms with E-state index in [0.29, 0.717) is 10.9 Å². The van der Waals surface area contributed by atoms with Crippen LogP contribution in [0.3, 0.4) is 0 Å². The highest BCUT2D eigenvalue weighted by molar-refractivity contribution is 7.99. The van der Waals surface area contributed by atoms with Crippen molar-refractivity contribution in [3.8, 4) is 11.8 Å². The van der Waals surface area contributed by atoms with Crippen molar-refractivity contribution >= 4 is 17.7 Å². The number of rotatable bonds is 4. The molecule has 0 N–H and O–H groups in total. The Morgan fingerprint density at radius 1 is 1.40 bits per heavy atom. The van der Waals surface area contributed by atoms with E-state index in [1.54, 1.807) is 0 Å². The van der Waals surface area contributed by atoms with Gasteiger partial charge in [0.15, 0.2) is 0 Å². The first-order chi connectivity index (χ1) is 9.79. The van der Waals surface area contributed by atoms with Crippen molar-refractivity contribution in [2.24, 2.45) is 0 Å². The summed E-state index contributed by atoms with van der Waals surface area (Å²) in [6, 6.07) is 9.71. The molecular formula is C13H12N4O2S. The monoisotopic (exact) mass is 288 g/mol. The van der Waals surface area contributed by atoms with Crippen LogP contribution in [0.4, 0.5) is 0 Å². The minimum absolute atomic E-state index is 0.00204. The van der Waals surface area contributed by atoms with E-state index in [4.69, 9.17) is 0 Å². The van der Waals surface area contributed by atoms with Gasteiger partial charge in [0, 0.05) is 5.56 Å². The lowest BCUT2D eigenvalue weighted by Gasteiger charge is -2.00. The molecule has 7 heteroatoms. The maximum Gasteiger partial charge on any atom is 0.327 e. The van der Waals surface area contributed by atoms with Gasteiger partial charge in [0.25, 0.3) is 0 Å². The van der Waals surface area contributed by atoms with Gasteiger partial charge < -0.3 is 4.74 Å². The van der Waals surface area contributed by atoms with E-state index < -0.39 is 5.97 Å². The van der Waals surface area contributed by atoms with E-state index >= 15 is 0 Å². The molecule has 0 atom stereocenters. The van der Waals surface area contributed by atoms with E-state index in [9.17, 15) is 4.79 Å². The van der Waals surface area contributed by atoms with E-state index in [1.165, 1.54) is 23.6 Å². The van der Waals surface area contributed by atoms with Gasteiger partial charge in [-0.25, -0.2) is 4.68 Å². The number of carbonyl (C=O) groups is 1. The predicted molar refractivity (Wildman–Crippen MR) is 73.9 cm³/mol. The minimum atomic E-state index is -0.394. The van der Waals surface area contributed by atoms with Crippen LogP contribution in [0.2, 0.25) is 0 Å². The second-order valence-corrected chi connectivity index (χ2v) is 4.59. The molecule has 0 saturated heterocycles. The van der Waals surface area contributed by atoms with Crippen LogP contribution in [0.25, 0.3) is 0 Å². The molecule has 20 heavy (non-hydrogen) atoms. The van der Waals surface area contributed by atoms with Crippen LogP contribution in [0.5, 0.6) is 0 Å². The van der Waals surface area contributed by atoms with Gasteiger partial charge in [-0.1, -0.05) is 41.8 Å². The lowest BCUT2D eigenvalue weighted by atomic mass is 10.2. The molecule has 0 spiro atoms. The van der Waals surface area contributed by atoms with Crippen molar-refractivity contribution in [2.75, 3.05) is 12.9 Å². The molecule has 1 aromatic carbocycles. The zero-order valence-corrected chi connectivity index (χ0v) is 11.6. The van der Waals surface area contributed by atoms with Crippen molar-refractivity contribution in [3.05, 3.63) is 35.9 Å². The summed E-state index contributed by atoms with van der Waals surface area (Å²) in [6.45, 7) is -0.00204. The zero-order valence-electron chi connectivity index (χ0n) is 10.8.